The maximum atomic E-state index is 13.4. The van der Waals surface area contributed by atoms with Gasteiger partial charge in [0, 0.05) is 23.4 Å². The van der Waals surface area contributed by atoms with Gasteiger partial charge in [0.25, 0.3) is 0 Å². The Bertz CT molecular complexity index is 875. The Morgan fingerprint density at radius 1 is 1.24 bits per heavy atom. The first-order valence-corrected chi connectivity index (χ1v) is 10.4. The standard InChI is InChI=1S/C17H19ClFN3O2S/c1-2-12-10-16(20-13-5-7-25(23,24)8-6-13)22-17(21-12)11-3-4-15(19)14(18)9-11/h3-4,9-10,13H,2,5-8H2,1H3,(H,20,21,22). The number of hydrogen-bond donors (Lipinski definition) is 1. The quantitative estimate of drug-likeness (QED) is 0.874. The van der Waals surface area contributed by atoms with Gasteiger partial charge in [-0.05, 0) is 37.5 Å². The van der Waals surface area contributed by atoms with Crippen molar-refractivity contribution in [3.05, 3.63) is 40.8 Å². The molecule has 0 unspecified atom stereocenters. The first kappa shape index (κ1) is 18.1. The number of sulfone groups is 1. The van der Waals surface area contributed by atoms with Crippen LogP contribution in [0.25, 0.3) is 11.4 Å². The van der Waals surface area contributed by atoms with E-state index in [-0.39, 0.29) is 22.6 Å². The van der Waals surface area contributed by atoms with Gasteiger partial charge in [0.15, 0.2) is 5.82 Å². The van der Waals surface area contributed by atoms with Crippen LogP contribution in [-0.2, 0) is 16.3 Å². The molecule has 8 heteroatoms. The summed E-state index contributed by atoms with van der Waals surface area (Å²) in [5, 5.41) is 3.33. The SMILES string of the molecule is CCc1cc(NC2CCS(=O)(=O)CC2)nc(-c2ccc(F)c(Cl)c2)n1. The highest BCUT2D eigenvalue weighted by molar-refractivity contribution is 7.91. The zero-order chi connectivity index (χ0) is 18.0. The number of hydrogen-bond acceptors (Lipinski definition) is 5. The van der Waals surface area contributed by atoms with E-state index in [0.717, 1.165) is 12.1 Å². The summed E-state index contributed by atoms with van der Waals surface area (Å²) in [5.74, 6) is 1.01. The number of nitrogens with one attached hydrogen (secondary N) is 1. The summed E-state index contributed by atoms with van der Waals surface area (Å²) in [4.78, 5) is 8.98. The zero-order valence-corrected chi connectivity index (χ0v) is 15.4. The lowest BCUT2D eigenvalue weighted by atomic mass is 10.1. The molecule has 0 radical (unpaired) electrons. The van der Waals surface area contributed by atoms with Crippen LogP contribution in [0.1, 0.15) is 25.5 Å². The highest BCUT2D eigenvalue weighted by atomic mass is 35.5. The second kappa shape index (κ2) is 7.25. The van der Waals surface area contributed by atoms with Crippen LogP contribution in [0.3, 0.4) is 0 Å². The van der Waals surface area contributed by atoms with Crippen molar-refractivity contribution in [3.63, 3.8) is 0 Å². The van der Waals surface area contributed by atoms with E-state index in [1.165, 1.54) is 12.1 Å². The molecule has 134 valence electrons. The number of anilines is 1. The van der Waals surface area contributed by atoms with E-state index in [4.69, 9.17) is 11.6 Å². The maximum absolute atomic E-state index is 13.4. The Hall–Kier alpha value is -1.73. The molecule has 1 aliphatic rings. The van der Waals surface area contributed by atoms with E-state index in [2.05, 4.69) is 15.3 Å². The summed E-state index contributed by atoms with van der Waals surface area (Å²) >= 11 is 5.86. The third-order valence-electron chi connectivity index (χ3n) is 4.23. The van der Waals surface area contributed by atoms with Gasteiger partial charge in [-0.3, -0.25) is 0 Å². The fourth-order valence-corrected chi connectivity index (χ4v) is 4.43. The van der Waals surface area contributed by atoms with Crippen molar-refractivity contribution in [2.45, 2.75) is 32.2 Å². The van der Waals surface area contributed by atoms with Crippen molar-refractivity contribution < 1.29 is 12.8 Å². The Morgan fingerprint density at radius 3 is 2.60 bits per heavy atom. The molecule has 1 aromatic carbocycles. The minimum atomic E-state index is -2.90. The molecule has 1 N–H and O–H groups in total. The summed E-state index contributed by atoms with van der Waals surface area (Å²) < 4.78 is 36.5. The third-order valence-corrected chi connectivity index (χ3v) is 6.23. The molecule has 0 saturated carbocycles. The van der Waals surface area contributed by atoms with Crippen molar-refractivity contribution in [3.8, 4) is 11.4 Å². The fourth-order valence-electron chi connectivity index (χ4n) is 2.76. The molecular formula is C17H19ClFN3O2S. The number of aromatic nitrogens is 2. The van der Waals surface area contributed by atoms with Gasteiger partial charge < -0.3 is 5.32 Å². The Morgan fingerprint density at radius 2 is 1.96 bits per heavy atom. The second-order valence-corrected chi connectivity index (χ2v) is 8.83. The highest BCUT2D eigenvalue weighted by Gasteiger charge is 2.24. The van der Waals surface area contributed by atoms with E-state index >= 15 is 0 Å². The van der Waals surface area contributed by atoms with E-state index in [1.807, 2.05) is 13.0 Å². The van der Waals surface area contributed by atoms with Crippen LogP contribution >= 0.6 is 11.6 Å². The molecule has 0 aliphatic carbocycles. The lowest BCUT2D eigenvalue weighted by molar-refractivity contribution is 0.559. The van der Waals surface area contributed by atoms with Gasteiger partial charge in [-0.1, -0.05) is 18.5 Å². The maximum Gasteiger partial charge on any atom is 0.161 e. The first-order valence-electron chi connectivity index (χ1n) is 8.16. The van der Waals surface area contributed by atoms with Gasteiger partial charge in [0.05, 0.1) is 16.5 Å². The number of rotatable bonds is 4. The van der Waals surface area contributed by atoms with E-state index in [9.17, 15) is 12.8 Å². The van der Waals surface area contributed by atoms with Gasteiger partial charge in [-0.15, -0.1) is 0 Å². The van der Waals surface area contributed by atoms with E-state index in [1.54, 1.807) is 6.07 Å². The van der Waals surface area contributed by atoms with Crippen LogP contribution in [0.5, 0.6) is 0 Å². The average Bonchev–Trinajstić information content (AvgIpc) is 2.59. The Labute approximate surface area is 151 Å². The molecule has 1 saturated heterocycles. The summed E-state index contributed by atoms with van der Waals surface area (Å²) in [7, 11) is -2.90. The van der Waals surface area contributed by atoms with Crippen LogP contribution in [0, 0.1) is 5.82 Å². The van der Waals surface area contributed by atoms with Crippen molar-refractivity contribution in [2.75, 3.05) is 16.8 Å². The summed E-state index contributed by atoms with van der Waals surface area (Å²) in [6.07, 6.45) is 1.84. The molecular weight excluding hydrogens is 365 g/mol. The molecule has 2 aromatic rings. The van der Waals surface area contributed by atoms with Crippen LogP contribution in [0.15, 0.2) is 24.3 Å². The summed E-state index contributed by atoms with van der Waals surface area (Å²) in [6.45, 7) is 1.99. The largest absolute Gasteiger partial charge is 0.367 e. The second-order valence-electron chi connectivity index (χ2n) is 6.12. The van der Waals surface area contributed by atoms with Crippen LogP contribution in [0.2, 0.25) is 5.02 Å². The van der Waals surface area contributed by atoms with Gasteiger partial charge in [0.2, 0.25) is 0 Å². The Kier molecular flexibility index (Phi) is 5.24. The lowest BCUT2D eigenvalue weighted by Gasteiger charge is -2.23. The highest BCUT2D eigenvalue weighted by Crippen LogP contribution is 2.25. The topological polar surface area (TPSA) is 72.0 Å². The van der Waals surface area contributed by atoms with E-state index < -0.39 is 15.7 Å². The van der Waals surface area contributed by atoms with Crippen molar-refractivity contribution in [2.24, 2.45) is 0 Å². The molecule has 25 heavy (non-hydrogen) atoms. The van der Waals surface area contributed by atoms with Crippen molar-refractivity contribution >= 4 is 27.3 Å². The van der Waals surface area contributed by atoms with Crippen LogP contribution in [0.4, 0.5) is 10.2 Å². The average molecular weight is 384 g/mol. The Balaban J connectivity index is 1.86. The number of halogens is 2. The fraction of sp³-hybridized carbons (Fsp3) is 0.412. The predicted octanol–water partition coefficient (Wildman–Crippen LogP) is 3.49. The van der Waals surface area contributed by atoms with Crippen LogP contribution in [-0.4, -0.2) is 35.9 Å². The molecule has 0 bridgehead atoms. The molecule has 2 heterocycles. The van der Waals surface area contributed by atoms with Gasteiger partial charge in [0.1, 0.15) is 21.5 Å². The molecule has 1 aliphatic heterocycles. The van der Waals surface area contributed by atoms with Crippen LogP contribution < -0.4 is 5.32 Å². The smallest absolute Gasteiger partial charge is 0.161 e. The molecule has 0 atom stereocenters. The van der Waals surface area contributed by atoms with Crippen molar-refractivity contribution in [1.82, 2.24) is 9.97 Å². The molecule has 0 amide bonds. The monoisotopic (exact) mass is 383 g/mol. The van der Waals surface area contributed by atoms with E-state index in [0.29, 0.717) is 30.0 Å². The normalized spacial score (nSPS) is 17.4. The summed E-state index contributed by atoms with van der Waals surface area (Å²) in [5.41, 5.74) is 1.48. The minimum absolute atomic E-state index is 0.0231. The predicted molar refractivity (Wildman–Crippen MR) is 97.1 cm³/mol. The zero-order valence-electron chi connectivity index (χ0n) is 13.8. The third kappa shape index (κ3) is 4.46. The number of nitrogens with zero attached hydrogens (tertiary/aromatic N) is 2. The number of aryl methyl sites for hydroxylation is 1. The first-order chi connectivity index (χ1) is 11.9. The molecule has 5 nitrogen and oxygen atoms in total. The molecule has 1 aromatic heterocycles. The molecule has 0 spiro atoms. The number of benzene rings is 1. The minimum Gasteiger partial charge on any atom is -0.367 e. The molecule has 1 fully saturated rings. The molecule has 3 rings (SSSR count). The lowest BCUT2D eigenvalue weighted by Crippen LogP contribution is -2.32. The van der Waals surface area contributed by atoms with Gasteiger partial charge in [-0.2, -0.15) is 0 Å². The van der Waals surface area contributed by atoms with Gasteiger partial charge >= 0.3 is 0 Å². The summed E-state index contributed by atoms with van der Waals surface area (Å²) in [6, 6.07) is 6.30. The van der Waals surface area contributed by atoms with Gasteiger partial charge in [-0.25, -0.2) is 22.8 Å². The van der Waals surface area contributed by atoms with Crippen molar-refractivity contribution in [1.29, 1.82) is 0 Å².